The number of aromatic nitrogens is 1. The van der Waals surface area contributed by atoms with Gasteiger partial charge in [0, 0.05) is 48.0 Å². The van der Waals surface area contributed by atoms with Gasteiger partial charge in [-0.1, -0.05) is 68.4 Å². The van der Waals surface area contributed by atoms with Crippen LogP contribution in [0.2, 0.25) is 0 Å². The van der Waals surface area contributed by atoms with Crippen molar-refractivity contribution in [3.05, 3.63) is 107 Å². The lowest BCUT2D eigenvalue weighted by atomic mass is 10.0. The summed E-state index contributed by atoms with van der Waals surface area (Å²) in [5.74, 6) is 1.09. The molecule has 1 heterocycles. The number of pyridine rings is 1. The highest BCUT2D eigenvalue weighted by molar-refractivity contribution is 7.98. The highest BCUT2D eigenvalue weighted by Crippen LogP contribution is 2.29. The Balaban J connectivity index is 0.00000195. The quantitative estimate of drug-likeness (QED) is 0.153. The van der Waals surface area contributed by atoms with Gasteiger partial charge in [-0.2, -0.15) is 11.8 Å². The molecule has 38 heavy (non-hydrogen) atoms. The van der Waals surface area contributed by atoms with Gasteiger partial charge in [0.15, 0.2) is 0 Å². The zero-order valence-corrected chi connectivity index (χ0v) is 24.1. The Morgan fingerprint density at radius 2 is 1.68 bits per heavy atom. The second kappa shape index (κ2) is 15.8. The number of thioether (sulfide) groups is 1. The molecule has 2 N–H and O–H groups in total. The molecule has 0 spiro atoms. The predicted octanol–water partition coefficient (Wildman–Crippen LogP) is 8.37. The van der Waals surface area contributed by atoms with Crippen LogP contribution in [-0.4, -0.2) is 36.3 Å². The molecular weight excluding hydrogens is 484 g/mol. The number of nitrogens with one attached hydrogen (secondary N) is 2. The number of rotatable bonds is 11. The van der Waals surface area contributed by atoms with E-state index in [4.69, 9.17) is 0 Å². The van der Waals surface area contributed by atoms with E-state index >= 15 is 0 Å². The molecule has 0 aliphatic carbocycles. The first-order valence-corrected chi connectivity index (χ1v) is 14.7. The van der Waals surface area contributed by atoms with E-state index in [1.54, 1.807) is 0 Å². The smallest absolute Gasteiger partial charge is 0.0728 e. The number of hydrogen-bond donors (Lipinski definition) is 2. The summed E-state index contributed by atoms with van der Waals surface area (Å²) in [6.45, 7) is 9.82. The molecule has 0 aliphatic rings. The first-order chi connectivity index (χ1) is 18.7. The van der Waals surface area contributed by atoms with Crippen LogP contribution in [0.3, 0.4) is 0 Å². The zero-order valence-electron chi connectivity index (χ0n) is 23.3. The average molecular weight is 525 g/mol. The SMILES string of the molecule is CC.CC=N/C(CNCCSC)=C(\C)c1ccc2c(Nc3ccc(Cc4ccccc4)cc3)ccnc2c1. The summed E-state index contributed by atoms with van der Waals surface area (Å²) in [7, 11) is 0. The maximum Gasteiger partial charge on any atom is 0.0728 e. The van der Waals surface area contributed by atoms with Crippen LogP contribution in [0.1, 0.15) is 44.4 Å². The first-order valence-electron chi connectivity index (χ1n) is 13.3. The van der Waals surface area contributed by atoms with Gasteiger partial charge in [-0.15, -0.1) is 0 Å². The molecule has 4 nitrogen and oxygen atoms in total. The Kier molecular flexibility index (Phi) is 12.1. The van der Waals surface area contributed by atoms with E-state index in [2.05, 4.69) is 107 Å². The van der Waals surface area contributed by atoms with Crippen molar-refractivity contribution in [2.75, 3.05) is 30.4 Å². The van der Waals surface area contributed by atoms with Crippen LogP contribution >= 0.6 is 11.8 Å². The summed E-state index contributed by atoms with van der Waals surface area (Å²) in [6, 6.07) is 27.7. The van der Waals surface area contributed by atoms with Gasteiger partial charge in [0.1, 0.15) is 0 Å². The Morgan fingerprint density at radius 3 is 2.39 bits per heavy atom. The zero-order chi connectivity index (χ0) is 27.2. The number of nitrogens with zero attached hydrogens (tertiary/aromatic N) is 2. The van der Waals surface area contributed by atoms with E-state index in [1.165, 1.54) is 16.7 Å². The van der Waals surface area contributed by atoms with Crippen molar-refractivity contribution in [3.63, 3.8) is 0 Å². The lowest BCUT2D eigenvalue weighted by molar-refractivity contribution is 0.778. The van der Waals surface area contributed by atoms with Crippen LogP contribution in [0, 0.1) is 0 Å². The van der Waals surface area contributed by atoms with Gasteiger partial charge in [-0.3, -0.25) is 9.98 Å². The Hall–Kier alpha value is -3.41. The molecule has 0 fully saturated rings. The van der Waals surface area contributed by atoms with Crippen LogP contribution in [0.25, 0.3) is 16.5 Å². The number of aliphatic imine (C=N–C) groups is 1. The van der Waals surface area contributed by atoms with Crippen molar-refractivity contribution in [1.82, 2.24) is 10.3 Å². The van der Waals surface area contributed by atoms with Gasteiger partial charge >= 0.3 is 0 Å². The number of benzene rings is 3. The van der Waals surface area contributed by atoms with E-state index in [0.29, 0.717) is 0 Å². The molecule has 0 unspecified atom stereocenters. The summed E-state index contributed by atoms with van der Waals surface area (Å²) in [4.78, 5) is 9.30. The number of allylic oxidation sites excluding steroid dienone is 1. The van der Waals surface area contributed by atoms with Crippen molar-refractivity contribution in [2.45, 2.75) is 34.1 Å². The van der Waals surface area contributed by atoms with E-state index in [-0.39, 0.29) is 0 Å². The molecule has 4 rings (SSSR count). The van der Waals surface area contributed by atoms with Crippen molar-refractivity contribution >= 4 is 45.8 Å². The van der Waals surface area contributed by atoms with Crippen LogP contribution < -0.4 is 10.6 Å². The molecule has 0 aliphatic heterocycles. The topological polar surface area (TPSA) is 49.3 Å². The molecule has 5 heteroatoms. The Labute approximate surface area is 232 Å². The van der Waals surface area contributed by atoms with Crippen molar-refractivity contribution < 1.29 is 0 Å². The lowest BCUT2D eigenvalue weighted by Gasteiger charge is -2.13. The third-order valence-electron chi connectivity index (χ3n) is 6.15. The van der Waals surface area contributed by atoms with Crippen LogP contribution in [0.15, 0.2) is 95.7 Å². The standard InChI is InChI=1S/C31H34N4S.C2H6/c1-4-33-31(22-32-18-19-36-3)23(2)26-12-15-28-29(16-17-34-30(28)21-26)35-27-13-10-25(11-14-27)20-24-8-6-5-7-9-24;1-2/h4-17,21,32H,18-20,22H2,1-3H3,(H,34,35);1-2H3/b31-23+,33-4?;. The minimum absolute atomic E-state index is 0.754. The number of anilines is 2. The monoisotopic (exact) mass is 524 g/mol. The molecule has 3 aromatic carbocycles. The second-order valence-corrected chi connectivity index (χ2v) is 9.69. The van der Waals surface area contributed by atoms with Crippen molar-refractivity contribution in [2.24, 2.45) is 4.99 Å². The fourth-order valence-corrected chi connectivity index (χ4v) is 4.51. The normalized spacial score (nSPS) is 11.7. The van der Waals surface area contributed by atoms with Crippen LogP contribution in [-0.2, 0) is 6.42 Å². The van der Waals surface area contributed by atoms with Gasteiger partial charge in [0.25, 0.3) is 0 Å². The number of fused-ring (bicyclic) bond motifs is 1. The second-order valence-electron chi connectivity index (χ2n) is 8.70. The average Bonchev–Trinajstić information content (AvgIpc) is 2.97. The van der Waals surface area contributed by atoms with E-state index in [0.717, 1.165) is 58.8 Å². The third-order valence-corrected chi connectivity index (χ3v) is 6.77. The van der Waals surface area contributed by atoms with Gasteiger partial charge in [-0.25, -0.2) is 0 Å². The van der Waals surface area contributed by atoms with Gasteiger partial charge in [0.2, 0.25) is 0 Å². The minimum Gasteiger partial charge on any atom is -0.355 e. The molecule has 0 saturated heterocycles. The van der Waals surface area contributed by atoms with Crippen LogP contribution in [0.5, 0.6) is 0 Å². The lowest BCUT2D eigenvalue weighted by Crippen LogP contribution is -2.20. The summed E-state index contributed by atoms with van der Waals surface area (Å²) >= 11 is 1.84. The molecule has 0 atom stereocenters. The minimum atomic E-state index is 0.754. The predicted molar refractivity (Wildman–Crippen MR) is 170 cm³/mol. The molecule has 1 aromatic heterocycles. The maximum atomic E-state index is 4.66. The summed E-state index contributed by atoms with van der Waals surface area (Å²) in [5, 5.41) is 8.18. The molecule has 4 aromatic rings. The van der Waals surface area contributed by atoms with Gasteiger partial charge < -0.3 is 10.6 Å². The molecule has 0 radical (unpaired) electrons. The molecule has 198 valence electrons. The fraction of sp³-hybridized carbons (Fsp3) is 0.273. The van der Waals surface area contributed by atoms with E-state index in [1.807, 2.05) is 51.0 Å². The molecular formula is C33H40N4S. The first kappa shape index (κ1) is 29.2. The maximum absolute atomic E-state index is 4.66. The summed E-state index contributed by atoms with van der Waals surface area (Å²) in [6.07, 6.45) is 6.79. The summed E-state index contributed by atoms with van der Waals surface area (Å²) < 4.78 is 0. The third kappa shape index (κ3) is 8.30. The number of hydrogen-bond acceptors (Lipinski definition) is 5. The highest BCUT2D eigenvalue weighted by atomic mass is 32.2. The Bertz CT molecular complexity index is 1330. The van der Waals surface area contributed by atoms with E-state index in [9.17, 15) is 0 Å². The highest BCUT2D eigenvalue weighted by Gasteiger charge is 2.08. The fourth-order valence-electron chi connectivity index (χ4n) is 4.16. The van der Waals surface area contributed by atoms with Crippen molar-refractivity contribution in [1.29, 1.82) is 0 Å². The Morgan fingerprint density at radius 1 is 0.947 bits per heavy atom. The van der Waals surface area contributed by atoms with Crippen LogP contribution in [0.4, 0.5) is 11.4 Å². The van der Waals surface area contributed by atoms with Gasteiger partial charge in [0.05, 0.1) is 11.2 Å². The van der Waals surface area contributed by atoms with Crippen molar-refractivity contribution in [3.8, 4) is 0 Å². The van der Waals surface area contributed by atoms with E-state index < -0.39 is 0 Å². The largest absolute Gasteiger partial charge is 0.355 e. The molecule has 0 saturated carbocycles. The molecule has 0 amide bonds. The van der Waals surface area contributed by atoms with Gasteiger partial charge in [-0.05, 0) is 73.1 Å². The molecule has 0 bridgehead atoms. The summed E-state index contributed by atoms with van der Waals surface area (Å²) in [5.41, 5.74) is 9.07.